The molecule has 3 heteroatoms. The van der Waals surface area contributed by atoms with Crippen LogP contribution in [0.1, 0.15) is 11.5 Å². The number of benzene rings is 2. The van der Waals surface area contributed by atoms with Gasteiger partial charge in [-0.25, -0.2) is 0 Å². The lowest BCUT2D eigenvalue weighted by Crippen LogP contribution is -2.45. The Morgan fingerprint density at radius 2 is 1.84 bits per heavy atom. The first-order valence-corrected chi connectivity index (χ1v) is 6.51. The van der Waals surface area contributed by atoms with Gasteiger partial charge < -0.3 is 15.4 Å². The molecule has 3 nitrogen and oxygen atoms in total. The van der Waals surface area contributed by atoms with Gasteiger partial charge in [-0.1, -0.05) is 30.3 Å². The van der Waals surface area contributed by atoms with Crippen LogP contribution in [0.25, 0.3) is 0 Å². The molecule has 1 aliphatic heterocycles. The zero-order valence-corrected chi connectivity index (χ0v) is 11.0. The number of methoxy groups -OCH3 is 1. The molecule has 0 aliphatic carbocycles. The van der Waals surface area contributed by atoms with Crippen molar-refractivity contribution in [1.82, 2.24) is 0 Å². The normalized spacial score (nSPS) is 15.1. The Labute approximate surface area is 113 Å². The van der Waals surface area contributed by atoms with E-state index in [-0.39, 0.29) is 0 Å². The zero-order valence-electron chi connectivity index (χ0n) is 11.0. The van der Waals surface area contributed by atoms with E-state index in [9.17, 15) is 0 Å². The maximum atomic E-state index is 6.07. The van der Waals surface area contributed by atoms with Gasteiger partial charge in [0, 0.05) is 25.1 Å². The monoisotopic (exact) mass is 254 g/mol. The molecule has 98 valence electrons. The number of nitrogens with zero attached hydrogens (tertiary/aromatic N) is 1. The van der Waals surface area contributed by atoms with Crippen molar-refractivity contribution in [2.75, 3.05) is 30.8 Å². The Hall–Kier alpha value is -2.16. The highest BCUT2D eigenvalue weighted by Crippen LogP contribution is 2.36. The van der Waals surface area contributed by atoms with Crippen LogP contribution in [0.5, 0.6) is 5.75 Å². The van der Waals surface area contributed by atoms with Crippen molar-refractivity contribution in [2.45, 2.75) is 5.92 Å². The second-order valence-corrected chi connectivity index (χ2v) is 4.94. The number of nitrogens with two attached hydrogens (primary N) is 1. The van der Waals surface area contributed by atoms with Crippen molar-refractivity contribution in [1.29, 1.82) is 0 Å². The van der Waals surface area contributed by atoms with E-state index in [1.165, 1.54) is 5.56 Å². The van der Waals surface area contributed by atoms with Gasteiger partial charge >= 0.3 is 0 Å². The zero-order chi connectivity index (χ0) is 13.2. The fraction of sp³-hybridized carbons (Fsp3) is 0.250. The molecule has 0 saturated carbocycles. The van der Waals surface area contributed by atoms with E-state index in [0.29, 0.717) is 5.92 Å². The number of nitrogen functional groups attached to an aromatic ring is 1. The minimum atomic E-state index is 0.614. The van der Waals surface area contributed by atoms with Crippen LogP contribution in [-0.4, -0.2) is 20.2 Å². The largest absolute Gasteiger partial charge is 0.497 e. The van der Waals surface area contributed by atoms with Crippen LogP contribution < -0.4 is 15.4 Å². The quantitative estimate of drug-likeness (QED) is 0.856. The number of rotatable bonds is 3. The summed E-state index contributed by atoms with van der Waals surface area (Å²) in [6.07, 6.45) is 0. The van der Waals surface area contributed by atoms with E-state index in [1.54, 1.807) is 7.11 Å². The fourth-order valence-electron chi connectivity index (χ4n) is 2.56. The van der Waals surface area contributed by atoms with Crippen molar-refractivity contribution < 1.29 is 4.74 Å². The summed E-state index contributed by atoms with van der Waals surface area (Å²) in [5, 5.41) is 0. The Bertz CT molecular complexity index is 562. The Kier molecular flexibility index (Phi) is 3.03. The lowest BCUT2D eigenvalue weighted by Gasteiger charge is -2.42. The lowest BCUT2D eigenvalue weighted by molar-refractivity contribution is 0.415. The summed E-state index contributed by atoms with van der Waals surface area (Å²) in [6.45, 7) is 2.06. The Balaban J connectivity index is 1.71. The average Bonchev–Trinajstić information content (AvgIpc) is 2.40. The maximum absolute atomic E-state index is 6.07. The second-order valence-electron chi connectivity index (χ2n) is 4.94. The van der Waals surface area contributed by atoms with Gasteiger partial charge in [0.05, 0.1) is 18.5 Å². The van der Waals surface area contributed by atoms with E-state index in [2.05, 4.69) is 35.2 Å². The van der Waals surface area contributed by atoms with Crippen molar-refractivity contribution in [3.05, 3.63) is 54.1 Å². The minimum Gasteiger partial charge on any atom is -0.497 e. The topological polar surface area (TPSA) is 38.5 Å². The second kappa shape index (κ2) is 4.84. The van der Waals surface area contributed by atoms with Gasteiger partial charge in [-0.05, 0) is 17.7 Å². The average molecular weight is 254 g/mol. The molecule has 0 aromatic heterocycles. The number of anilines is 2. The van der Waals surface area contributed by atoms with Crippen LogP contribution >= 0.6 is 0 Å². The Morgan fingerprint density at radius 1 is 1.11 bits per heavy atom. The maximum Gasteiger partial charge on any atom is 0.121 e. The third-order valence-electron chi connectivity index (χ3n) is 3.73. The Morgan fingerprint density at radius 3 is 2.47 bits per heavy atom. The molecule has 1 saturated heterocycles. The van der Waals surface area contributed by atoms with Crippen LogP contribution in [0.15, 0.2) is 48.5 Å². The molecule has 0 unspecified atom stereocenters. The highest BCUT2D eigenvalue weighted by Gasteiger charge is 2.29. The van der Waals surface area contributed by atoms with Crippen molar-refractivity contribution in [3.8, 4) is 5.75 Å². The van der Waals surface area contributed by atoms with Crippen LogP contribution in [0, 0.1) is 0 Å². The highest BCUT2D eigenvalue weighted by atomic mass is 16.5. The molecule has 0 atom stereocenters. The van der Waals surface area contributed by atoms with E-state index in [0.717, 1.165) is 30.2 Å². The molecule has 0 radical (unpaired) electrons. The summed E-state index contributed by atoms with van der Waals surface area (Å²) >= 11 is 0. The van der Waals surface area contributed by atoms with Gasteiger partial charge in [0.25, 0.3) is 0 Å². The van der Waals surface area contributed by atoms with Gasteiger partial charge in [-0.3, -0.25) is 0 Å². The third kappa shape index (κ3) is 2.24. The van der Waals surface area contributed by atoms with Crippen LogP contribution in [0.2, 0.25) is 0 Å². The first-order chi connectivity index (χ1) is 9.28. The van der Waals surface area contributed by atoms with Crippen molar-refractivity contribution >= 4 is 11.4 Å². The van der Waals surface area contributed by atoms with Gasteiger partial charge in [0.15, 0.2) is 0 Å². The van der Waals surface area contributed by atoms with Gasteiger partial charge in [-0.15, -0.1) is 0 Å². The summed E-state index contributed by atoms with van der Waals surface area (Å²) in [5.74, 6) is 1.42. The van der Waals surface area contributed by atoms with Crippen LogP contribution in [0.3, 0.4) is 0 Å². The molecule has 2 N–H and O–H groups in total. The van der Waals surface area contributed by atoms with Gasteiger partial charge in [0.1, 0.15) is 5.75 Å². The number of ether oxygens (including phenoxy) is 1. The molecule has 3 rings (SSSR count). The number of hydrogen-bond acceptors (Lipinski definition) is 3. The van der Waals surface area contributed by atoms with Crippen molar-refractivity contribution in [3.63, 3.8) is 0 Å². The predicted octanol–water partition coefficient (Wildman–Crippen LogP) is 2.88. The molecule has 2 aromatic rings. The van der Waals surface area contributed by atoms with E-state index in [4.69, 9.17) is 10.5 Å². The van der Waals surface area contributed by atoms with E-state index in [1.807, 2.05) is 18.2 Å². The molecule has 0 amide bonds. The lowest BCUT2D eigenvalue weighted by atomic mass is 9.91. The molecule has 19 heavy (non-hydrogen) atoms. The van der Waals surface area contributed by atoms with Crippen molar-refractivity contribution in [2.24, 2.45) is 0 Å². The summed E-state index contributed by atoms with van der Waals surface area (Å²) in [7, 11) is 1.66. The molecule has 1 aliphatic rings. The molecular weight excluding hydrogens is 236 g/mol. The summed E-state index contributed by atoms with van der Waals surface area (Å²) < 4.78 is 5.17. The molecule has 0 spiro atoms. The first kappa shape index (κ1) is 11.9. The first-order valence-electron chi connectivity index (χ1n) is 6.51. The smallest absolute Gasteiger partial charge is 0.121 e. The molecular formula is C16H18N2O. The highest BCUT2D eigenvalue weighted by molar-refractivity contribution is 5.71. The fourth-order valence-corrected chi connectivity index (χ4v) is 2.56. The third-order valence-corrected chi connectivity index (χ3v) is 3.73. The summed E-state index contributed by atoms with van der Waals surface area (Å²) in [4.78, 5) is 2.31. The van der Waals surface area contributed by atoms with E-state index >= 15 is 0 Å². The van der Waals surface area contributed by atoms with Gasteiger partial charge in [0.2, 0.25) is 0 Å². The summed E-state index contributed by atoms with van der Waals surface area (Å²) in [6, 6.07) is 16.5. The number of hydrogen-bond donors (Lipinski definition) is 1. The standard InChI is InChI=1S/C16H18N2O/c1-19-14-7-8-16(15(17)9-14)18-10-13(11-18)12-5-3-2-4-6-12/h2-9,13H,10-11,17H2,1H3. The SMILES string of the molecule is COc1ccc(N2CC(c3ccccc3)C2)c(N)c1. The molecule has 1 heterocycles. The molecule has 2 aromatic carbocycles. The van der Waals surface area contributed by atoms with E-state index < -0.39 is 0 Å². The molecule has 1 fully saturated rings. The predicted molar refractivity (Wildman–Crippen MR) is 78.8 cm³/mol. The van der Waals surface area contributed by atoms with Crippen LogP contribution in [-0.2, 0) is 0 Å². The molecule has 0 bridgehead atoms. The summed E-state index contributed by atoms with van der Waals surface area (Å²) in [5.41, 5.74) is 9.37. The van der Waals surface area contributed by atoms with Crippen LogP contribution in [0.4, 0.5) is 11.4 Å². The van der Waals surface area contributed by atoms with Gasteiger partial charge in [-0.2, -0.15) is 0 Å². The minimum absolute atomic E-state index is 0.614.